The Morgan fingerprint density at radius 3 is 1.63 bits per heavy atom. The van der Waals surface area contributed by atoms with Gasteiger partial charge in [-0.25, -0.2) is 0 Å². The highest BCUT2D eigenvalue weighted by Crippen LogP contribution is 2.44. The van der Waals surface area contributed by atoms with Crippen molar-refractivity contribution < 1.29 is 9.59 Å². The predicted octanol–water partition coefficient (Wildman–Crippen LogP) is 8.57. The van der Waals surface area contributed by atoms with Crippen LogP contribution in [0.4, 0.5) is 0 Å². The van der Waals surface area contributed by atoms with Crippen molar-refractivity contribution in [3.8, 4) is 0 Å². The zero-order valence-corrected chi connectivity index (χ0v) is 24.2. The van der Waals surface area contributed by atoms with Crippen molar-refractivity contribution in [2.75, 3.05) is 0 Å². The van der Waals surface area contributed by atoms with Crippen LogP contribution in [0.5, 0.6) is 0 Å². The molecule has 6 aromatic rings. The van der Waals surface area contributed by atoms with Crippen molar-refractivity contribution in [3.63, 3.8) is 0 Å². The van der Waals surface area contributed by atoms with Gasteiger partial charge in [-0.05, 0) is 52.9 Å². The van der Waals surface area contributed by atoms with Gasteiger partial charge in [0.05, 0.1) is 28.7 Å². The fourth-order valence-corrected chi connectivity index (χ4v) is 6.42. The molecule has 0 radical (unpaired) electrons. The Balaban J connectivity index is 1.50. The lowest BCUT2D eigenvalue weighted by Gasteiger charge is -2.20. The lowest BCUT2D eigenvalue weighted by Crippen LogP contribution is -2.29. The Morgan fingerprint density at radius 2 is 1.18 bits per heavy atom. The number of aromatic nitrogens is 2. The van der Waals surface area contributed by atoms with Crippen LogP contribution >= 0.6 is 31.9 Å². The smallest absolute Gasteiger partial charge is 0.262 e. The Bertz CT molecular complexity index is 1880. The van der Waals surface area contributed by atoms with Crippen molar-refractivity contribution in [2.24, 2.45) is 0 Å². The second kappa shape index (κ2) is 8.04. The highest BCUT2D eigenvalue weighted by molar-refractivity contribution is 9.10. The van der Waals surface area contributed by atoms with Crippen LogP contribution in [0.2, 0.25) is 0 Å². The molecule has 0 saturated carbocycles. The van der Waals surface area contributed by atoms with Gasteiger partial charge in [0.15, 0.2) is 0 Å². The van der Waals surface area contributed by atoms with Gasteiger partial charge in [0.1, 0.15) is 0 Å². The van der Waals surface area contributed by atoms with Crippen molar-refractivity contribution in [2.45, 2.75) is 32.7 Å². The van der Waals surface area contributed by atoms with Crippen molar-refractivity contribution in [1.29, 1.82) is 0 Å². The van der Waals surface area contributed by atoms with Gasteiger partial charge < -0.3 is 9.97 Å². The third-order valence-electron chi connectivity index (χ3n) is 7.60. The van der Waals surface area contributed by atoms with E-state index in [-0.39, 0.29) is 23.8 Å². The van der Waals surface area contributed by atoms with E-state index in [0.717, 1.165) is 58.1 Å². The number of nitrogens with zero attached hydrogens (tertiary/aromatic N) is 1. The number of hydrogen-bond donors (Lipinski definition) is 2. The number of amides is 2. The van der Waals surface area contributed by atoms with Gasteiger partial charge in [-0.2, -0.15) is 0 Å². The first kappa shape index (κ1) is 23.7. The Labute approximate surface area is 235 Å². The lowest BCUT2D eigenvalue weighted by atomic mass is 9.87. The third-order valence-corrected chi connectivity index (χ3v) is 8.59. The molecule has 0 aliphatic carbocycles. The van der Waals surface area contributed by atoms with E-state index in [1.54, 1.807) is 0 Å². The number of benzene rings is 4. The second-order valence-corrected chi connectivity index (χ2v) is 12.9. The molecule has 4 aromatic carbocycles. The van der Waals surface area contributed by atoms with E-state index < -0.39 is 0 Å². The second-order valence-electron chi connectivity index (χ2n) is 11.0. The van der Waals surface area contributed by atoms with Crippen molar-refractivity contribution in [3.05, 3.63) is 91.9 Å². The first-order chi connectivity index (χ1) is 18.1. The summed E-state index contributed by atoms with van der Waals surface area (Å²) in [5, 5.41) is 3.37. The van der Waals surface area contributed by atoms with Crippen LogP contribution in [-0.2, 0) is 12.0 Å². The molecule has 5 nitrogen and oxygen atoms in total. The SMILES string of the molecule is CC(C)(C)c1ccc(CN2C(=O)c3c(c4c5cc(Br)ccc5[nH]c4c4[nH]c5ccc(Br)cc5c34)C2=O)cc1. The Kier molecular flexibility index (Phi) is 5.01. The minimum Gasteiger partial charge on any atom is -0.353 e. The summed E-state index contributed by atoms with van der Waals surface area (Å²) in [7, 11) is 0. The van der Waals surface area contributed by atoms with Crippen LogP contribution in [0.3, 0.4) is 0 Å². The van der Waals surface area contributed by atoms with Crippen LogP contribution in [0.25, 0.3) is 43.6 Å². The molecule has 7 heteroatoms. The van der Waals surface area contributed by atoms with Crippen LogP contribution in [0.15, 0.2) is 69.6 Å². The largest absolute Gasteiger partial charge is 0.353 e. The summed E-state index contributed by atoms with van der Waals surface area (Å²) in [6.45, 7) is 6.73. The number of carbonyl (C=O) groups is 2. The number of H-pyrrole nitrogens is 2. The maximum Gasteiger partial charge on any atom is 0.262 e. The van der Waals surface area contributed by atoms with E-state index in [1.165, 1.54) is 10.5 Å². The first-order valence-corrected chi connectivity index (χ1v) is 14.0. The van der Waals surface area contributed by atoms with Crippen LogP contribution in [0.1, 0.15) is 52.6 Å². The molecule has 2 N–H and O–H groups in total. The molecule has 0 saturated heterocycles. The number of rotatable bonds is 2. The molecule has 0 fully saturated rings. The molecule has 2 aromatic heterocycles. The number of carbonyl (C=O) groups excluding carboxylic acids is 2. The third kappa shape index (κ3) is 3.34. The summed E-state index contributed by atoms with van der Waals surface area (Å²) in [5.41, 5.74) is 6.57. The number of fused-ring (bicyclic) bond motifs is 10. The summed E-state index contributed by atoms with van der Waals surface area (Å²) in [6.07, 6.45) is 0. The predicted molar refractivity (Wildman–Crippen MR) is 160 cm³/mol. The molecule has 0 unspecified atom stereocenters. The molecule has 1 aliphatic rings. The molecule has 0 atom stereocenters. The minimum absolute atomic E-state index is 0.0263. The highest BCUT2D eigenvalue weighted by atomic mass is 79.9. The minimum atomic E-state index is -0.262. The maximum absolute atomic E-state index is 14.1. The van der Waals surface area contributed by atoms with Gasteiger partial charge in [0.2, 0.25) is 0 Å². The summed E-state index contributed by atoms with van der Waals surface area (Å²) < 4.78 is 1.82. The van der Waals surface area contributed by atoms with Crippen LogP contribution in [-0.4, -0.2) is 26.7 Å². The van der Waals surface area contributed by atoms with E-state index >= 15 is 0 Å². The topological polar surface area (TPSA) is 69.0 Å². The van der Waals surface area contributed by atoms with Gasteiger partial charge in [-0.15, -0.1) is 0 Å². The monoisotopic (exact) mass is 627 g/mol. The fourth-order valence-electron chi connectivity index (χ4n) is 5.70. The molecule has 0 spiro atoms. The summed E-state index contributed by atoms with van der Waals surface area (Å²) >= 11 is 7.17. The van der Waals surface area contributed by atoms with Crippen LogP contribution < -0.4 is 0 Å². The van der Waals surface area contributed by atoms with Crippen molar-refractivity contribution >= 4 is 87.3 Å². The number of aromatic amines is 2. The van der Waals surface area contributed by atoms with Crippen molar-refractivity contribution in [1.82, 2.24) is 14.9 Å². The average molecular weight is 629 g/mol. The molecule has 7 rings (SSSR count). The molecule has 38 heavy (non-hydrogen) atoms. The first-order valence-electron chi connectivity index (χ1n) is 12.5. The average Bonchev–Trinajstić information content (AvgIpc) is 3.50. The quantitative estimate of drug-likeness (QED) is 0.189. The maximum atomic E-state index is 14.1. The standard InChI is InChI=1S/C31H23Br2N3O2/c1-31(2,3)16-6-4-15(5-7-16)14-36-29(37)25-23-19-12-17(32)8-10-21(19)34-27(23)28-24(26(25)30(36)38)20-13-18(33)9-11-22(20)35-28/h4-13,34-35H,14H2,1-3H3. The van der Waals surface area contributed by atoms with E-state index in [1.807, 2.05) is 48.5 Å². The highest BCUT2D eigenvalue weighted by Gasteiger charge is 2.41. The number of hydrogen-bond acceptors (Lipinski definition) is 2. The van der Waals surface area contributed by atoms with Gasteiger partial charge in [-0.1, -0.05) is 76.9 Å². The number of halogens is 2. The van der Waals surface area contributed by atoms with E-state index in [9.17, 15) is 9.59 Å². The molecular formula is C31H23Br2N3O2. The Hall–Kier alpha value is -3.42. The van der Waals surface area contributed by atoms with Gasteiger partial charge in [0.25, 0.3) is 11.8 Å². The molecule has 1 aliphatic heterocycles. The van der Waals surface area contributed by atoms with E-state index in [2.05, 4.69) is 74.7 Å². The van der Waals surface area contributed by atoms with Gasteiger partial charge in [0, 0.05) is 41.5 Å². The number of imide groups is 1. The zero-order chi connectivity index (χ0) is 26.5. The zero-order valence-electron chi connectivity index (χ0n) is 21.0. The molecule has 3 heterocycles. The fraction of sp³-hybridized carbons (Fsp3) is 0.161. The molecule has 0 bridgehead atoms. The van der Waals surface area contributed by atoms with Gasteiger partial charge in [-0.3, -0.25) is 14.5 Å². The Morgan fingerprint density at radius 1 is 0.711 bits per heavy atom. The van der Waals surface area contributed by atoms with E-state index in [0.29, 0.717) is 11.1 Å². The summed E-state index contributed by atoms with van der Waals surface area (Å²) in [6, 6.07) is 20.1. The summed E-state index contributed by atoms with van der Waals surface area (Å²) in [4.78, 5) is 36.7. The molecule has 188 valence electrons. The molecule has 2 amide bonds. The van der Waals surface area contributed by atoms with Gasteiger partial charge >= 0.3 is 0 Å². The van der Waals surface area contributed by atoms with Crippen LogP contribution in [0, 0.1) is 0 Å². The lowest BCUT2D eigenvalue weighted by molar-refractivity contribution is 0.0643. The van der Waals surface area contributed by atoms with E-state index in [4.69, 9.17) is 0 Å². The summed E-state index contributed by atoms with van der Waals surface area (Å²) in [5.74, 6) is -0.524. The molecular weight excluding hydrogens is 606 g/mol. The normalized spacial score (nSPS) is 14.1. The number of nitrogens with one attached hydrogen (secondary N) is 2.